The maximum Gasteiger partial charge on any atom is 0.151 e. The Hall–Kier alpha value is -0.580. The van der Waals surface area contributed by atoms with Crippen LogP contribution in [0.1, 0.15) is 0 Å². The van der Waals surface area contributed by atoms with Gasteiger partial charge in [0.2, 0.25) is 0 Å². The molecule has 14 heavy (non-hydrogen) atoms. The molecule has 1 saturated heterocycles. The van der Waals surface area contributed by atoms with Crippen LogP contribution >= 0.6 is 23.1 Å². The summed E-state index contributed by atoms with van der Waals surface area (Å²) in [6.45, 7) is 0.928. The van der Waals surface area contributed by atoms with Crippen molar-refractivity contribution in [3.05, 3.63) is 24.3 Å². The number of hydrogen-bond donors (Lipinski definition) is 0. The van der Waals surface area contributed by atoms with Crippen LogP contribution in [0.4, 0.5) is 0 Å². The highest BCUT2D eigenvalue weighted by molar-refractivity contribution is 8.01. The van der Waals surface area contributed by atoms with Gasteiger partial charge in [-0.25, -0.2) is 4.98 Å². The molecule has 2 nitrogen and oxygen atoms in total. The lowest BCUT2D eigenvalue weighted by Gasteiger charge is -1.89. The molecule has 0 aliphatic carbocycles. The van der Waals surface area contributed by atoms with Crippen LogP contribution in [-0.4, -0.2) is 23.4 Å². The second-order valence-electron chi connectivity index (χ2n) is 3.21. The van der Waals surface area contributed by atoms with Crippen LogP contribution in [0.3, 0.4) is 0 Å². The Labute approximate surface area is 90.3 Å². The molecule has 1 aliphatic heterocycles. The fourth-order valence-corrected chi connectivity index (χ4v) is 3.33. The Morgan fingerprint density at radius 1 is 1.50 bits per heavy atom. The van der Waals surface area contributed by atoms with Crippen molar-refractivity contribution < 1.29 is 4.74 Å². The molecule has 0 N–H and O–H groups in total. The van der Waals surface area contributed by atoms with E-state index in [1.54, 1.807) is 23.1 Å². The van der Waals surface area contributed by atoms with Gasteiger partial charge in [-0.2, -0.15) is 0 Å². The molecule has 2 aromatic rings. The van der Waals surface area contributed by atoms with Gasteiger partial charge in [-0.3, -0.25) is 0 Å². The molecule has 0 bridgehead atoms. The number of aromatic nitrogens is 1. The summed E-state index contributed by atoms with van der Waals surface area (Å²) in [6.07, 6.45) is 0.479. The van der Waals surface area contributed by atoms with Gasteiger partial charge in [-0.05, 0) is 12.1 Å². The van der Waals surface area contributed by atoms with Gasteiger partial charge in [0, 0.05) is 5.75 Å². The molecule has 0 radical (unpaired) electrons. The van der Waals surface area contributed by atoms with Crippen molar-refractivity contribution in [2.24, 2.45) is 0 Å². The van der Waals surface area contributed by atoms with Gasteiger partial charge in [-0.15, -0.1) is 11.3 Å². The van der Waals surface area contributed by atoms with E-state index in [-0.39, 0.29) is 0 Å². The first-order valence-electron chi connectivity index (χ1n) is 4.52. The van der Waals surface area contributed by atoms with Crippen molar-refractivity contribution in [3.63, 3.8) is 0 Å². The monoisotopic (exact) mass is 223 g/mol. The van der Waals surface area contributed by atoms with E-state index < -0.39 is 0 Å². The quantitative estimate of drug-likeness (QED) is 0.591. The lowest BCUT2D eigenvalue weighted by atomic mass is 10.3. The lowest BCUT2D eigenvalue weighted by molar-refractivity contribution is 0.426. The molecule has 1 atom stereocenters. The van der Waals surface area contributed by atoms with Crippen LogP contribution in [0.15, 0.2) is 28.6 Å². The summed E-state index contributed by atoms with van der Waals surface area (Å²) in [5.41, 5.74) is 1.11. The second kappa shape index (κ2) is 3.53. The third-order valence-electron chi connectivity index (χ3n) is 2.07. The van der Waals surface area contributed by atoms with Crippen molar-refractivity contribution in [2.75, 3.05) is 12.4 Å². The Morgan fingerprint density at radius 3 is 3.14 bits per heavy atom. The summed E-state index contributed by atoms with van der Waals surface area (Å²) in [7, 11) is 0. The zero-order chi connectivity index (χ0) is 9.38. The number of fused-ring (bicyclic) bond motifs is 1. The van der Waals surface area contributed by atoms with Gasteiger partial charge in [0.25, 0.3) is 0 Å². The number of ether oxygens (including phenoxy) is 1. The van der Waals surface area contributed by atoms with Crippen molar-refractivity contribution in [2.45, 2.75) is 10.4 Å². The van der Waals surface area contributed by atoms with E-state index in [1.165, 1.54) is 4.70 Å². The smallest absolute Gasteiger partial charge is 0.151 e. The summed E-state index contributed by atoms with van der Waals surface area (Å²) >= 11 is 3.56. The summed E-state index contributed by atoms with van der Waals surface area (Å²) < 4.78 is 7.58. The molecule has 1 aliphatic rings. The van der Waals surface area contributed by atoms with Crippen molar-refractivity contribution >= 4 is 33.3 Å². The average Bonchev–Trinajstić information content (AvgIpc) is 2.94. The highest BCUT2D eigenvalue weighted by atomic mass is 32.2. The number of benzene rings is 1. The second-order valence-corrected chi connectivity index (χ2v) is 5.51. The Bertz CT molecular complexity index is 417. The molecule has 72 valence electrons. The molecule has 3 rings (SSSR count). The van der Waals surface area contributed by atoms with Crippen LogP contribution in [0.5, 0.6) is 0 Å². The molecule has 0 saturated carbocycles. The molecule has 1 fully saturated rings. The largest absolute Gasteiger partial charge is 0.372 e. The van der Waals surface area contributed by atoms with Crippen LogP contribution in [0, 0.1) is 0 Å². The van der Waals surface area contributed by atoms with Crippen LogP contribution in [0.25, 0.3) is 10.2 Å². The number of thioether (sulfide) groups is 1. The van der Waals surface area contributed by atoms with E-state index in [4.69, 9.17) is 4.74 Å². The topological polar surface area (TPSA) is 25.4 Å². The molecule has 2 heterocycles. The molecular weight excluding hydrogens is 214 g/mol. The molecule has 0 spiro atoms. The predicted octanol–water partition coefficient (Wildman–Crippen LogP) is 2.79. The first kappa shape index (κ1) is 8.71. The molecule has 4 heteroatoms. The van der Waals surface area contributed by atoms with Crippen LogP contribution in [0.2, 0.25) is 0 Å². The van der Waals surface area contributed by atoms with E-state index in [9.17, 15) is 0 Å². The highest BCUT2D eigenvalue weighted by Crippen LogP contribution is 2.31. The molecule has 1 unspecified atom stereocenters. The minimum atomic E-state index is 0.479. The zero-order valence-corrected chi connectivity index (χ0v) is 9.11. The number of para-hydroxylation sites is 1. The SMILES string of the molecule is c1ccc2sc(SCC3CO3)nc2c1. The minimum absolute atomic E-state index is 0.479. The lowest BCUT2D eigenvalue weighted by Crippen LogP contribution is -1.87. The van der Waals surface area contributed by atoms with Gasteiger partial charge in [-0.1, -0.05) is 23.9 Å². The number of rotatable bonds is 3. The fourth-order valence-electron chi connectivity index (χ4n) is 1.24. The summed E-state index contributed by atoms with van der Waals surface area (Å²) in [4.78, 5) is 4.54. The first-order valence-corrected chi connectivity index (χ1v) is 6.32. The minimum Gasteiger partial charge on any atom is -0.372 e. The molecular formula is C10H9NOS2. The molecule has 1 aromatic heterocycles. The van der Waals surface area contributed by atoms with Gasteiger partial charge < -0.3 is 4.74 Å². The summed E-state index contributed by atoms with van der Waals surface area (Å²) in [5, 5.41) is 0. The standard InChI is InChI=1S/C10H9NOS2/c1-2-4-9-8(3-1)11-10(14-9)13-6-7-5-12-7/h1-4,7H,5-6H2. The van der Waals surface area contributed by atoms with Gasteiger partial charge in [0.1, 0.15) is 0 Å². The van der Waals surface area contributed by atoms with Crippen molar-refractivity contribution in [1.29, 1.82) is 0 Å². The van der Waals surface area contributed by atoms with Gasteiger partial charge in [0.05, 0.1) is 22.9 Å². The highest BCUT2D eigenvalue weighted by Gasteiger charge is 2.22. The van der Waals surface area contributed by atoms with Crippen molar-refractivity contribution in [1.82, 2.24) is 4.98 Å². The van der Waals surface area contributed by atoms with E-state index in [2.05, 4.69) is 23.2 Å². The Morgan fingerprint density at radius 2 is 2.36 bits per heavy atom. The summed E-state index contributed by atoms with van der Waals surface area (Å²) in [5.74, 6) is 1.04. The number of nitrogens with zero attached hydrogens (tertiary/aromatic N) is 1. The predicted molar refractivity (Wildman–Crippen MR) is 60.1 cm³/mol. The number of epoxide rings is 1. The van der Waals surface area contributed by atoms with Gasteiger partial charge >= 0.3 is 0 Å². The maximum atomic E-state index is 5.16. The number of hydrogen-bond acceptors (Lipinski definition) is 4. The van der Waals surface area contributed by atoms with Gasteiger partial charge in [0.15, 0.2) is 4.34 Å². The zero-order valence-electron chi connectivity index (χ0n) is 7.47. The maximum absolute atomic E-state index is 5.16. The fraction of sp³-hybridized carbons (Fsp3) is 0.300. The third kappa shape index (κ3) is 1.78. The number of thiazole rings is 1. The van der Waals surface area contributed by atoms with E-state index >= 15 is 0 Å². The van der Waals surface area contributed by atoms with Crippen LogP contribution in [-0.2, 0) is 4.74 Å². The third-order valence-corrected chi connectivity index (χ3v) is 4.38. The Kier molecular flexibility index (Phi) is 2.20. The molecule has 1 aromatic carbocycles. The van der Waals surface area contributed by atoms with E-state index in [1.807, 2.05) is 6.07 Å². The average molecular weight is 223 g/mol. The Balaban J connectivity index is 1.82. The van der Waals surface area contributed by atoms with Crippen LogP contribution < -0.4 is 0 Å². The van der Waals surface area contributed by atoms with E-state index in [0.717, 1.165) is 22.2 Å². The normalized spacial score (nSPS) is 20.1. The van der Waals surface area contributed by atoms with Crippen molar-refractivity contribution in [3.8, 4) is 0 Å². The van der Waals surface area contributed by atoms with E-state index in [0.29, 0.717) is 6.10 Å². The molecule has 0 amide bonds. The summed E-state index contributed by atoms with van der Waals surface area (Å²) in [6, 6.07) is 8.26. The first-order chi connectivity index (χ1) is 6.92.